The maximum absolute atomic E-state index is 12.4. The third kappa shape index (κ3) is 7.29. The van der Waals surface area contributed by atoms with Gasteiger partial charge in [0, 0.05) is 23.9 Å². The fraction of sp³-hybridized carbons (Fsp3) is 0.350. The van der Waals surface area contributed by atoms with Gasteiger partial charge in [-0.1, -0.05) is 23.7 Å². The largest absolute Gasteiger partial charge is 0.377 e. The first-order valence-corrected chi connectivity index (χ1v) is 13.3. The van der Waals surface area contributed by atoms with Crippen molar-refractivity contribution in [2.45, 2.75) is 29.6 Å². The molecule has 1 amide bonds. The van der Waals surface area contributed by atoms with Crippen LogP contribution < -0.4 is 10.0 Å². The number of carbonyl (C=O) groups excluding carboxylic acids is 1. The summed E-state index contributed by atoms with van der Waals surface area (Å²) in [7, 11) is -7.39. The Balaban J connectivity index is 1.54. The van der Waals surface area contributed by atoms with Crippen LogP contribution in [0.3, 0.4) is 0 Å². The molecule has 1 fully saturated rings. The molecule has 1 aliphatic rings. The maximum atomic E-state index is 12.4. The molecular formula is C20H23ClN2O6S2. The first kappa shape index (κ1) is 23.7. The van der Waals surface area contributed by atoms with Crippen LogP contribution in [0.2, 0.25) is 5.02 Å². The van der Waals surface area contributed by atoms with Crippen molar-refractivity contribution in [2.24, 2.45) is 0 Å². The van der Waals surface area contributed by atoms with Gasteiger partial charge in [-0.15, -0.1) is 0 Å². The van der Waals surface area contributed by atoms with Gasteiger partial charge in [-0.2, -0.15) is 0 Å². The van der Waals surface area contributed by atoms with Gasteiger partial charge in [0.1, 0.15) is 5.75 Å². The van der Waals surface area contributed by atoms with Gasteiger partial charge < -0.3 is 10.1 Å². The predicted molar refractivity (Wildman–Crippen MR) is 118 cm³/mol. The lowest BCUT2D eigenvalue weighted by molar-refractivity contribution is -0.113. The summed E-state index contributed by atoms with van der Waals surface area (Å²) in [6, 6.07) is 11.8. The molecule has 168 valence electrons. The van der Waals surface area contributed by atoms with Crippen molar-refractivity contribution in [1.82, 2.24) is 4.72 Å². The molecule has 1 aliphatic heterocycles. The van der Waals surface area contributed by atoms with E-state index in [1.54, 1.807) is 24.3 Å². The summed E-state index contributed by atoms with van der Waals surface area (Å²) in [5, 5.41) is 2.97. The van der Waals surface area contributed by atoms with Crippen LogP contribution >= 0.6 is 11.6 Å². The van der Waals surface area contributed by atoms with Crippen LogP contribution in [0.4, 0.5) is 5.69 Å². The number of sulfone groups is 1. The molecule has 0 aliphatic carbocycles. The summed E-state index contributed by atoms with van der Waals surface area (Å²) < 4.78 is 57.2. The molecule has 0 aromatic heterocycles. The predicted octanol–water partition coefficient (Wildman–Crippen LogP) is 2.35. The topological polar surface area (TPSA) is 119 Å². The number of anilines is 1. The summed E-state index contributed by atoms with van der Waals surface area (Å²) >= 11 is 5.78. The molecule has 1 atom stereocenters. The third-order valence-corrected chi connectivity index (χ3v) is 7.79. The zero-order chi connectivity index (χ0) is 22.5. The van der Waals surface area contributed by atoms with E-state index in [4.69, 9.17) is 16.3 Å². The normalized spacial score (nSPS) is 16.9. The number of hydrogen-bond acceptors (Lipinski definition) is 6. The smallest absolute Gasteiger partial charge is 0.240 e. The van der Waals surface area contributed by atoms with Gasteiger partial charge in [0.25, 0.3) is 0 Å². The van der Waals surface area contributed by atoms with Gasteiger partial charge in [0.05, 0.1) is 16.8 Å². The number of carbonyl (C=O) groups is 1. The zero-order valence-electron chi connectivity index (χ0n) is 16.6. The molecule has 3 rings (SSSR count). The minimum absolute atomic E-state index is 0.0406. The fourth-order valence-corrected chi connectivity index (χ4v) is 5.56. The molecule has 1 saturated heterocycles. The van der Waals surface area contributed by atoms with E-state index in [0.717, 1.165) is 12.8 Å². The van der Waals surface area contributed by atoms with Gasteiger partial charge in [0.2, 0.25) is 15.9 Å². The minimum atomic E-state index is -3.71. The van der Waals surface area contributed by atoms with Crippen LogP contribution in [0.25, 0.3) is 0 Å². The SMILES string of the molecule is O=C(CS(=O)(=O)Cc1ccc(Cl)cc1)Nc1ccc(S(=O)(=O)NCC2CCCO2)cc1. The van der Waals surface area contributed by atoms with Crippen molar-refractivity contribution >= 4 is 43.1 Å². The van der Waals surface area contributed by atoms with Gasteiger partial charge in [-0.05, 0) is 54.8 Å². The highest BCUT2D eigenvalue weighted by molar-refractivity contribution is 7.91. The number of nitrogens with one attached hydrogen (secondary N) is 2. The third-order valence-electron chi connectivity index (χ3n) is 4.62. The van der Waals surface area contributed by atoms with Crippen LogP contribution in [0.5, 0.6) is 0 Å². The average Bonchev–Trinajstić information content (AvgIpc) is 3.22. The van der Waals surface area contributed by atoms with Crippen molar-refractivity contribution in [3.05, 3.63) is 59.1 Å². The highest BCUT2D eigenvalue weighted by Crippen LogP contribution is 2.17. The molecule has 0 radical (unpaired) electrons. The van der Waals surface area contributed by atoms with E-state index < -0.39 is 31.5 Å². The molecule has 2 aromatic carbocycles. The Morgan fingerprint density at radius 3 is 2.32 bits per heavy atom. The van der Waals surface area contributed by atoms with Gasteiger partial charge in [-0.25, -0.2) is 21.6 Å². The Morgan fingerprint density at radius 2 is 1.71 bits per heavy atom. The van der Waals surface area contributed by atoms with Crippen molar-refractivity contribution < 1.29 is 26.4 Å². The molecule has 2 aromatic rings. The molecule has 1 heterocycles. The molecule has 11 heteroatoms. The highest BCUT2D eigenvalue weighted by atomic mass is 35.5. The molecule has 2 N–H and O–H groups in total. The standard InChI is InChI=1S/C20H23ClN2O6S2/c21-16-5-3-15(4-6-16)13-30(25,26)14-20(24)23-17-7-9-19(10-8-17)31(27,28)22-12-18-2-1-11-29-18/h3-10,18,22H,1-2,11-14H2,(H,23,24). The van der Waals surface area contributed by atoms with Gasteiger partial charge >= 0.3 is 0 Å². The minimum Gasteiger partial charge on any atom is -0.377 e. The van der Waals surface area contributed by atoms with E-state index in [2.05, 4.69) is 10.0 Å². The van der Waals surface area contributed by atoms with Crippen LogP contribution in [0, 0.1) is 0 Å². The molecule has 31 heavy (non-hydrogen) atoms. The molecule has 8 nitrogen and oxygen atoms in total. The summed E-state index contributed by atoms with van der Waals surface area (Å²) in [6.45, 7) is 0.836. The van der Waals surface area contributed by atoms with Crippen LogP contribution in [-0.2, 0) is 35.1 Å². The second-order valence-electron chi connectivity index (χ2n) is 7.22. The lowest BCUT2D eigenvalue weighted by atomic mass is 10.2. The van der Waals surface area contributed by atoms with Crippen LogP contribution in [-0.4, -0.2) is 47.8 Å². The summed E-state index contributed by atoms with van der Waals surface area (Å²) in [6.07, 6.45) is 1.60. The second-order valence-corrected chi connectivity index (χ2v) is 11.5. The van der Waals surface area contributed by atoms with E-state index in [1.165, 1.54) is 24.3 Å². The van der Waals surface area contributed by atoms with Crippen molar-refractivity contribution in [3.8, 4) is 0 Å². The molecule has 1 unspecified atom stereocenters. The van der Waals surface area contributed by atoms with E-state index >= 15 is 0 Å². The number of sulfonamides is 1. The zero-order valence-corrected chi connectivity index (χ0v) is 19.0. The number of benzene rings is 2. The van der Waals surface area contributed by atoms with Crippen LogP contribution in [0.1, 0.15) is 18.4 Å². The monoisotopic (exact) mass is 486 g/mol. The van der Waals surface area contributed by atoms with Crippen molar-refractivity contribution in [2.75, 3.05) is 24.2 Å². The van der Waals surface area contributed by atoms with Gasteiger partial charge in [-0.3, -0.25) is 4.79 Å². The number of halogens is 1. The van der Waals surface area contributed by atoms with Crippen molar-refractivity contribution in [1.29, 1.82) is 0 Å². The van der Waals surface area contributed by atoms with E-state index in [0.29, 0.717) is 22.9 Å². The Labute approximate surface area is 186 Å². The molecule has 0 saturated carbocycles. The lowest BCUT2D eigenvalue weighted by Crippen LogP contribution is -2.31. The first-order chi connectivity index (χ1) is 14.6. The summed E-state index contributed by atoms with van der Waals surface area (Å²) in [5.41, 5.74) is 0.826. The number of hydrogen-bond donors (Lipinski definition) is 2. The first-order valence-electron chi connectivity index (χ1n) is 9.59. The summed E-state index contributed by atoms with van der Waals surface area (Å²) in [5.74, 6) is -1.69. The number of amides is 1. The summed E-state index contributed by atoms with van der Waals surface area (Å²) in [4.78, 5) is 12.2. The number of rotatable bonds is 9. The van der Waals surface area contributed by atoms with Crippen LogP contribution in [0.15, 0.2) is 53.4 Å². The van der Waals surface area contributed by atoms with E-state index in [9.17, 15) is 21.6 Å². The van der Waals surface area contributed by atoms with E-state index in [-0.39, 0.29) is 23.3 Å². The maximum Gasteiger partial charge on any atom is 0.240 e. The van der Waals surface area contributed by atoms with Crippen molar-refractivity contribution in [3.63, 3.8) is 0 Å². The average molecular weight is 487 g/mol. The van der Waals surface area contributed by atoms with Gasteiger partial charge in [0.15, 0.2) is 9.84 Å². The molecule has 0 spiro atoms. The Hall–Kier alpha value is -1.98. The lowest BCUT2D eigenvalue weighted by Gasteiger charge is -2.12. The Kier molecular flexibility index (Phi) is 7.71. The Morgan fingerprint density at radius 1 is 1.03 bits per heavy atom. The quantitative estimate of drug-likeness (QED) is 0.561. The van der Waals surface area contributed by atoms with E-state index in [1.807, 2.05) is 0 Å². The number of ether oxygens (including phenoxy) is 1. The second kappa shape index (κ2) is 10.1. The molecule has 0 bridgehead atoms. The molecular weight excluding hydrogens is 464 g/mol. The highest BCUT2D eigenvalue weighted by Gasteiger charge is 2.21. The fourth-order valence-electron chi connectivity index (χ4n) is 3.09. The Bertz CT molecular complexity index is 1110.